The Balaban J connectivity index is 0.000000174. The van der Waals surface area contributed by atoms with E-state index in [1.54, 1.807) is 0 Å². The van der Waals surface area contributed by atoms with Gasteiger partial charge in [0.15, 0.2) is 0 Å². The number of halogens is 2. The van der Waals surface area contributed by atoms with E-state index in [0.717, 1.165) is 7.87 Å². The van der Waals surface area contributed by atoms with Crippen molar-refractivity contribution in [2.45, 2.75) is 0 Å². The summed E-state index contributed by atoms with van der Waals surface area (Å²) in [5, 5.41) is 0. The van der Waals surface area contributed by atoms with Gasteiger partial charge in [-0.15, -0.1) is 7.87 Å². The third kappa shape index (κ3) is 13.5. The molecule has 0 aliphatic rings. The molecule has 1 aromatic heterocycles. The summed E-state index contributed by atoms with van der Waals surface area (Å²) in [6, 6.07) is 10.0. The molecule has 1 aromatic carbocycles. The van der Waals surface area contributed by atoms with Crippen LogP contribution in [0.5, 0.6) is 0 Å². The molecule has 0 spiro atoms. The Morgan fingerprint density at radius 3 is 2.08 bits per heavy atom. The van der Waals surface area contributed by atoms with Gasteiger partial charge in [0.2, 0.25) is 0 Å². The Bertz CT molecular complexity index is 173. The maximum Gasteiger partial charge on any atom is -0.0658 e. The van der Waals surface area contributed by atoms with E-state index in [2.05, 4.69) is 11.6 Å². The molecular weight excluding hydrogens is 339 g/mol. The fourth-order valence-corrected chi connectivity index (χ4v) is 4.22. The standard InChI is InChI=1S/C5H5.C2H2P3.2ClH.Zr/c2*1-2-4-5-3-1;;;/h1-5H;1,3H;2*1H;/q2*-1;;;+4/p-2. The molecule has 6 heteroatoms. The van der Waals surface area contributed by atoms with Crippen molar-refractivity contribution >= 4 is 40.3 Å². The van der Waals surface area contributed by atoms with Crippen LogP contribution < -0.4 is 0 Å². The summed E-state index contributed by atoms with van der Waals surface area (Å²) < 4.78 is 0. The molecule has 0 saturated carbocycles. The molecule has 0 amide bonds. The molecule has 0 fully saturated rings. The first-order chi connectivity index (χ1) is 6.41. The van der Waals surface area contributed by atoms with Crippen molar-refractivity contribution in [1.82, 2.24) is 0 Å². The Kier molecular flexibility index (Phi) is 15.0. The molecule has 0 saturated heterocycles. The molecule has 0 radical (unpaired) electrons. The van der Waals surface area contributed by atoms with Crippen molar-refractivity contribution < 1.29 is 20.8 Å². The van der Waals surface area contributed by atoms with Crippen LogP contribution in [-0.4, -0.2) is 0 Å². The van der Waals surface area contributed by atoms with Gasteiger partial charge >= 0.3 is 37.9 Å². The predicted octanol–water partition coefficient (Wildman–Crippen LogP) is 5.46. The van der Waals surface area contributed by atoms with Gasteiger partial charge in [-0.25, -0.2) is 17.9 Å². The Morgan fingerprint density at radius 2 is 1.92 bits per heavy atom. The molecule has 0 aliphatic carbocycles. The van der Waals surface area contributed by atoms with E-state index in [1.165, 1.54) is 15.4 Å². The average Bonchev–Trinajstić information content (AvgIpc) is 2.85. The van der Waals surface area contributed by atoms with Crippen LogP contribution in [0, 0.1) is 5.80 Å². The van der Waals surface area contributed by atoms with E-state index >= 15 is 0 Å². The quantitative estimate of drug-likeness (QED) is 0.556. The third-order valence-electron chi connectivity index (χ3n) is 0.850. The first-order valence-corrected chi connectivity index (χ1v) is 14.0. The fourth-order valence-electron chi connectivity index (χ4n) is 0.465. The van der Waals surface area contributed by atoms with E-state index in [1.807, 2.05) is 30.3 Å². The van der Waals surface area contributed by atoms with Gasteiger partial charge in [0.25, 0.3) is 0 Å². The van der Waals surface area contributed by atoms with Crippen molar-refractivity contribution in [3.05, 3.63) is 41.9 Å². The van der Waals surface area contributed by atoms with Crippen LogP contribution in [-0.2, 0) is 20.8 Å². The van der Waals surface area contributed by atoms with Crippen LogP contribution in [0.25, 0.3) is 0 Å². The molecule has 1 unspecified atom stereocenters. The molecule has 2 rings (SSSR count). The zero-order valence-electron chi connectivity index (χ0n) is 6.61. The maximum absolute atomic E-state index is 4.93. The van der Waals surface area contributed by atoms with Gasteiger partial charge in [0, 0.05) is 0 Å². The second-order valence-electron chi connectivity index (χ2n) is 1.64. The SMILES string of the molecule is [Cl][Zr+2][Cl].[c-]1c[pH]pp1.c1cc[cH-]c1. The molecule has 0 bridgehead atoms. The molecule has 68 valence electrons. The monoisotopic (exact) mass is 344 g/mol. The molecular formula is C7H7Cl2P3Zr. The Morgan fingerprint density at radius 1 is 1.31 bits per heavy atom. The third-order valence-corrected chi connectivity index (χ3v) is 5.15. The van der Waals surface area contributed by atoms with Gasteiger partial charge < -0.3 is 5.80 Å². The molecule has 0 N–H and O–H groups in total. The second kappa shape index (κ2) is 13.5. The first kappa shape index (κ1) is 14.5. The van der Waals surface area contributed by atoms with Crippen LogP contribution in [0.2, 0.25) is 0 Å². The van der Waals surface area contributed by atoms with Crippen LogP contribution >= 0.6 is 40.3 Å². The van der Waals surface area contributed by atoms with E-state index < -0.39 is 20.8 Å². The summed E-state index contributed by atoms with van der Waals surface area (Å²) in [6.07, 6.45) is 0. The van der Waals surface area contributed by atoms with Gasteiger partial charge in [-0.1, -0.05) is 7.55 Å². The van der Waals surface area contributed by atoms with Crippen molar-refractivity contribution in [2.75, 3.05) is 0 Å². The Hall–Kier alpha value is 1.45. The van der Waals surface area contributed by atoms with Crippen molar-refractivity contribution in [2.24, 2.45) is 0 Å². The second-order valence-corrected chi connectivity index (χ2v) is 10.3. The smallest absolute Gasteiger partial charge is 0.0658 e. The maximum atomic E-state index is 4.93. The summed E-state index contributed by atoms with van der Waals surface area (Å²) in [5.41, 5.74) is 0. The molecule has 0 aliphatic heterocycles. The predicted molar refractivity (Wildman–Crippen MR) is 63.5 cm³/mol. The zero-order valence-corrected chi connectivity index (χ0v) is 13.4. The minimum atomic E-state index is -0.826. The van der Waals surface area contributed by atoms with E-state index in [0.29, 0.717) is 0 Å². The Labute approximate surface area is 102 Å². The first-order valence-electron chi connectivity index (χ1n) is 3.27. The van der Waals surface area contributed by atoms with Crippen molar-refractivity contribution in [3.8, 4) is 0 Å². The topological polar surface area (TPSA) is 0 Å². The van der Waals surface area contributed by atoms with E-state index in [-0.39, 0.29) is 0 Å². The summed E-state index contributed by atoms with van der Waals surface area (Å²) in [7, 11) is 13.8. The molecule has 0 nitrogen and oxygen atoms in total. The van der Waals surface area contributed by atoms with Gasteiger partial charge in [-0.2, -0.15) is 18.2 Å². The van der Waals surface area contributed by atoms with Crippen molar-refractivity contribution in [3.63, 3.8) is 0 Å². The number of hydrogen-bond acceptors (Lipinski definition) is 0. The van der Waals surface area contributed by atoms with Gasteiger partial charge in [-0.3, -0.25) is 7.87 Å². The molecule has 1 atom stereocenters. The van der Waals surface area contributed by atoms with Gasteiger partial charge in [0.1, 0.15) is 0 Å². The summed E-state index contributed by atoms with van der Waals surface area (Å²) in [4.78, 5) is 0. The number of hydrogen-bond donors (Lipinski definition) is 0. The zero-order chi connectivity index (χ0) is 9.78. The van der Waals surface area contributed by atoms with Gasteiger partial charge in [-0.05, 0) is 0 Å². The van der Waals surface area contributed by atoms with Crippen molar-refractivity contribution in [1.29, 1.82) is 0 Å². The van der Waals surface area contributed by atoms with E-state index in [9.17, 15) is 0 Å². The molecule has 2 aromatic rings. The number of rotatable bonds is 0. The fraction of sp³-hybridized carbons (Fsp3) is 0. The minimum Gasteiger partial charge on any atom is -0.430 e. The largest absolute Gasteiger partial charge is 0.430 e. The minimum absolute atomic E-state index is 0.826. The summed E-state index contributed by atoms with van der Waals surface area (Å²) in [5.74, 6) is 5.18. The van der Waals surface area contributed by atoms with Crippen LogP contribution in [0.3, 0.4) is 0 Å². The molecule has 1 heterocycles. The van der Waals surface area contributed by atoms with Crippen LogP contribution in [0.4, 0.5) is 0 Å². The summed E-state index contributed by atoms with van der Waals surface area (Å²) in [6.45, 7) is 0. The molecule has 13 heavy (non-hydrogen) atoms. The van der Waals surface area contributed by atoms with Crippen LogP contribution in [0.1, 0.15) is 0 Å². The normalized spacial score (nSPS) is 8.77. The van der Waals surface area contributed by atoms with Crippen LogP contribution in [0.15, 0.2) is 36.1 Å². The van der Waals surface area contributed by atoms with E-state index in [4.69, 9.17) is 17.0 Å². The van der Waals surface area contributed by atoms with Gasteiger partial charge in [0.05, 0.1) is 0 Å². The summed E-state index contributed by atoms with van der Waals surface area (Å²) >= 11 is -0.826. The average molecular weight is 346 g/mol.